The number of aromatic nitrogens is 1. The van der Waals surface area contributed by atoms with Crippen LogP contribution in [0.5, 0.6) is 0 Å². The molecule has 2 fully saturated rings. The van der Waals surface area contributed by atoms with Gasteiger partial charge in [-0.2, -0.15) is 0 Å². The van der Waals surface area contributed by atoms with Gasteiger partial charge in [-0.1, -0.05) is 0 Å². The van der Waals surface area contributed by atoms with Crippen LogP contribution < -0.4 is 11.0 Å². The summed E-state index contributed by atoms with van der Waals surface area (Å²) in [6, 6.07) is 2.12. The van der Waals surface area contributed by atoms with Crippen molar-refractivity contribution in [1.29, 1.82) is 0 Å². The number of hydrogen-bond donors (Lipinski definition) is 3. The minimum absolute atomic E-state index is 0.629. The first-order valence-corrected chi connectivity index (χ1v) is 8.88. The third-order valence-electron chi connectivity index (χ3n) is 5.81. The first-order chi connectivity index (χ1) is 11.4. The first kappa shape index (κ1) is 13.6. The summed E-state index contributed by atoms with van der Waals surface area (Å²) in [5.74, 6) is 2.49. The van der Waals surface area contributed by atoms with Crippen molar-refractivity contribution < 1.29 is 0 Å². The molecule has 122 valence electrons. The Bertz CT molecular complexity index is 648. The molecular weight excluding hydrogens is 288 g/mol. The smallest absolute Gasteiger partial charge is 0.141 e. The van der Waals surface area contributed by atoms with Gasteiger partial charge in [-0.3, -0.25) is 0 Å². The summed E-state index contributed by atoms with van der Waals surface area (Å²) in [4.78, 5) is 10.3. The SMILES string of the molecule is C1=Nc2[nH]ccc2C2=C(C3CCC(CN4CCC4)CC3)NNN12. The van der Waals surface area contributed by atoms with E-state index < -0.39 is 0 Å². The second-order valence-corrected chi connectivity index (χ2v) is 7.23. The Morgan fingerprint density at radius 2 is 2.04 bits per heavy atom. The summed E-state index contributed by atoms with van der Waals surface area (Å²) in [7, 11) is 0. The molecule has 1 saturated heterocycles. The largest absolute Gasteiger partial charge is 0.346 e. The Labute approximate surface area is 136 Å². The summed E-state index contributed by atoms with van der Waals surface area (Å²) in [5, 5.41) is 2.01. The third-order valence-corrected chi connectivity index (χ3v) is 5.81. The van der Waals surface area contributed by atoms with Crippen LogP contribution in [0, 0.1) is 11.8 Å². The van der Waals surface area contributed by atoms with E-state index in [9.17, 15) is 0 Å². The number of likely N-dealkylation sites (tertiary alicyclic amines) is 1. The van der Waals surface area contributed by atoms with Crippen molar-refractivity contribution in [3.8, 4) is 0 Å². The molecule has 6 nitrogen and oxygen atoms in total. The van der Waals surface area contributed by atoms with Crippen molar-refractivity contribution in [2.24, 2.45) is 16.8 Å². The molecule has 0 unspecified atom stereocenters. The predicted molar refractivity (Wildman–Crippen MR) is 90.5 cm³/mol. The van der Waals surface area contributed by atoms with E-state index in [1.165, 1.54) is 68.7 Å². The molecule has 0 radical (unpaired) electrons. The van der Waals surface area contributed by atoms with Crippen LogP contribution in [-0.4, -0.2) is 40.9 Å². The van der Waals surface area contributed by atoms with E-state index in [1.807, 2.05) is 17.5 Å². The minimum atomic E-state index is 0.629. The Balaban J connectivity index is 1.32. The van der Waals surface area contributed by atoms with Crippen molar-refractivity contribution in [1.82, 2.24) is 25.9 Å². The number of aromatic amines is 1. The Hall–Kier alpha value is -1.79. The Kier molecular flexibility index (Phi) is 3.19. The van der Waals surface area contributed by atoms with Crippen molar-refractivity contribution in [3.05, 3.63) is 23.5 Å². The maximum Gasteiger partial charge on any atom is 0.141 e. The zero-order valence-electron chi connectivity index (χ0n) is 13.4. The van der Waals surface area contributed by atoms with Crippen LogP contribution in [0.15, 0.2) is 23.0 Å². The molecule has 1 aromatic heterocycles. The second-order valence-electron chi connectivity index (χ2n) is 7.23. The van der Waals surface area contributed by atoms with E-state index in [1.54, 1.807) is 0 Å². The Morgan fingerprint density at radius 3 is 2.83 bits per heavy atom. The lowest BCUT2D eigenvalue weighted by Crippen LogP contribution is -2.41. The van der Waals surface area contributed by atoms with E-state index >= 15 is 0 Å². The van der Waals surface area contributed by atoms with Gasteiger partial charge in [-0.15, -0.1) is 5.53 Å². The van der Waals surface area contributed by atoms with Crippen LogP contribution in [0.2, 0.25) is 0 Å². The topological polar surface area (TPSA) is 58.7 Å². The summed E-state index contributed by atoms with van der Waals surface area (Å²) >= 11 is 0. The average Bonchev–Trinajstić information content (AvgIpc) is 3.17. The van der Waals surface area contributed by atoms with Crippen LogP contribution in [0.3, 0.4) is 0 Å². The minimum Gasteiger partial charge on any atom is -0.346 e. The maximum absolute atomic E-state index is 4.44. The molecule has 1 saturated carbocycles. The first-order valence-electron chi connectivity index (χ1n) is 8.88. The lowest BCUT2D eigenvalue weighted by atomic mass is 9.79. The van der Waals surface area contributed by atoms with Gasteiger partial charge >= 0.3 is 0 Å². The lowest BCUT2D eigenvalue weighted by molar-refractivity contribution is 0.129. The summed E-state index contributed by atoms with van der Waals surface area (Å²) in [6.07, 6.45) is 10.5. The molecule has 3 N–H and O–H groups in total. The second kappa shape index (κ2) is 5.39. The number of aliphatic imine (C=N–C) groups is 1. The fourth-order valence-corrected chi connectivity index (χ4v) is 4.36. The molecule has 4 aliphatic rings. The van der Waals surface area contributed by atoms with Crippen LogP contribution in [0.1, 0.15) is 37.7 Å². The monoisotopic (exact) mass is 312 g/mol. The highest BCUT2D eigenvalue weighted by atomic mass is 15.7. The van der Waals surface area contributed by atoms with E-state index in [0.717, 1.165) is 11.7 Å². The number of hydrazine groups is 2. The van der Waals surface area contributed by atoms with Crippen molar-refractivity contribution in [2.75, 3.05) is 19.6 Å². The molecule has 5 rings (SSSR count). The quantitative estimate of drug-likeness (QED) is 0.801. The number of nitrogens with one attached hydrogen (secondary N) is 3. The number of allylic oxidation sites excluding steroid dienone is 1. The van der Waals surface area contributed by atoms with Gasteiger partial charge in [0.05, 0.1) is 11.4 Å². The molecule has 23 heavy (non-hydrogen) atoms. The van der Waals surface area contributed by atoms with Gasteiger partial charge in [0.25, 0.3) is 0 Å². The van der Waals surface area contributed by atoms with Crippen molar-refractivity contribution >= 4 is 17.9 Å². The highest BCUT2D eigenvalue weighted by molar-refractivity contribution is 5.87. The number of H-pyrrole nitrogens is 1. The fraction of sp³-hybridized carbons (Fsp3) is 0.588. The highest BCUT2D eigenvalue weighted by Crippen LogP contribution is 2.40. The van der Waals surface area contributed by atoms with Gasteiger partial charge in [0.2, 0.25) is 0 Å². The van der Waals surface area contributed by atoms with Crippen molar-refractivity contribution in [2.45, 2.75) is 32.1 Å². The molecule has 0 bridgehead atoms. The van der Waals surface area contributed by atoms with Gasteiger partial charge in [0.1, 0.15) is 12.2 Å². The molecule has 1 aromatic rings. The fourth-order valence-electron chi connectivity index (χ4n) is 4.36. The van der Waals surface area contributed by atoms with Gasteiger partial charge in [-0.25, -0.2) is 10.0 Å². The number of hydrogen-bond acceptors (Lipinski definition) is 5. The molecule has 1 aliphatic carbocycles. The van der Waals surface area contributed by atoms with Crippen molar-refractivity contribution in [3.63, 3.8) is 0 Å². The van der Waals surface area contributed by atoms with E-state index in [0.29, 0.717) is 5.92 Å². The molecule has 0 aromatic carbocycles. The van der Waals surface area contributed by atoms with Gasteiger partial charge in [-0.05, 0) is 57.2 Å². The lowest BCUT2D eigenvalue weighted by Gasteiger charge is -2.37. The highest BCUT2D eigenvalue weighted by Gasteiger charge is 2.34. The molecule has 3 aliphatic heterocycles. The average molecular weight is 312 g/mol. The number of rotatable bonds is 3. The molecular formula is C17H24N6. The number of fused-ring (bicyclic) bond motifs is 3. The molecule has 4 heterocycles. The van der Waals surface area contributed by atoms with Gasteiger partial charge in [0, 0.05) is 24.2 Å². The van der Waals surface area contributed by atoms with Crippen LogP contribution >= 0.6 is 0 Å². The summed E-state index contributed by atoms with van der Waals surface area (Å²) in [5.41, 5.74) is 10.4. The standard InChI is InChI=1S/C17H24N6/c1-8-22(9-1)10-12-2-4-13(5-3-12)15-16-14-6-7-18-17(14)19-11-23(16)21-20-15/h6-7,11-13,18,20-21H,1-5,8-10H2. The summed E-state index contributed by atoms with van der Waals surface area (Å²) < 4.78 is 0. The van der Waals surface area contributed by atoms with E-state index in [-0.39, 0.29) is 0 Å². The molecule has 0 spiro atoms. The van der Waals surface area contributed by atoms with Gasteiger partial charge < -0.3 is 15.3 Å². The Morgan fingerprint density at radius 1 is 1.17 bits per heavy atom. The zero-order valence-corrected chi connectivity index (χ0v) is 13.4. The third kappa shape index (κ3) is 2.28. The normalized spacial score (nSPS) is 30.0. The zero-order chi connectivity index (χ0) is 15.2. The van der Waals surface area contributed by atoms with Gasteiger partial charge in [0.15, 0.2) is 0 Å². The maximum atomic E-state index is 4.44. The molecule has 0 amide bonds. The van der Waals surface area contributed by atoms with Crippen LogP contribution in [0.25, 0.3) is 5.70 Å². The van der Waals surface area contributed by atoms with E-state index in [4.69, 9.17) is 0 Å². The van der Waals surface area contributed by atoms with E-state index in [2.05, 4.69) is 31.9 Å². The van der Waals surface area contributed by atoms with Crippen LogP contribution in [0.4, 0.5) is 5.82 Å². The molecule has 6 heteroatoms. The van der Waals surface area contributed by atoms with Crippen LogP contribution in [-0.2, 0) is 0 Å². The molecule has 0 atom stereocenters. The summed E-state index contributed by atoms with van der Waals surface area (Å²) in [6.45, 7) is 3.97. The predicted octanol–water partition coefficient (Wildman–Crippen LogP) is 2.19. The number of nitrogens with zero attached hydrogens (tertiary/aromatic N) is 3.